The highest BCUT2D eigenvalue weighted by Gasteiger charge is 2.18. The smallest absolute Gasteiger partial charge is 0.323 e. The normalized spacial score (nSPS) is 12.1. The van der Waals surface area contributed by atoms with Gasteiger partial charge in [-0.05, 0) is 32.4 Å². The molecule has 0 aliphatic carbocycles. The van der Waals surface area contributed by atoms with Gasteiger partial charge in [0.05, 0.1) is 0 Å². The quantitative estimate of drug-likeness (QED) is 0.318. The summed E-state index contributed by atoms with van der Waals surface area (Å²) >= 11 is 0. The van der Waals surface area contributed by atoms with Crippen LogP contribution in [-0.2, 0) is 9.53 Å². The third-order valence-electron chi connectivity index (χ3n) is 2.75. The largest absolute Gasteiger partial charge is 0.460 e. The van der Waals surface area contributed by atoms with Gasteiger partial charge in [-0.25, -0.2) is 0 Å². The number of esters is 1. The van der Waals surface area contributed by atoms with Crippen molar-refractivity contribution in [1.29, 1.82) is 0 Å². The second kappa shape index (κ2) is 12.6. The Morgan fingerprint density at radius 3 is 2.78 bits per heavy atom. The zero-order valence-corrected chi connectivity index (χ0v) is 11.6. The Balaban J connectivity index is 3.97. The molecule has 0 fully saturated rings. The lowest BCUT2D eigenvalue weighted by atomic mass is 10.1. The molecule has 1 unspecified atom stereocenters. The number of hydrogen-bond donors (Lipinski definition) is 2. The van der Waals surface area contributed by atoms with Gasteiger partial charge < -0.3 is 15.8 Å². The van der Waals surface area contributed by atoms with E-state index in [0.717, 1.165) is 32.2 Å². The molecule has 0 aliphatic heterocycles. The minimum Gasteiger partial charge on any atom is -0.460 e. The van der Waals surface area contributed by atoms with Crippen LogP contribution in [0.15, 0.2) is 12.7 Å². The third-order valence-corrected chi connectivity index (χ3v) is 2.75. The van der Waals surface area contributed by atoms with E-state index < -0.39 is 0 Å². The Kier molecular flexibility index (Phi) is 12.0. The van der Waals surface area contributed by atoms with E-state index in [1.54, 1.807) is 6.08 Å². The number of ether oxygens (including phenoxy) is 1. The van der Waals surface area contributed by atoms with E-state index in [9.17, 15) is 4.79 Å². The number of nitrogens with one attached hydrogen (secondary N) is 1. The lowest BCUT2D eigenvalue weighted by Gasteiger charge is -2.17. The highest BCUT2D eigenvalue weighted by Crippen LogP contribution is 2.04. The van der Waals surface area contributed by atoms with Gasteiger partial charge in [0.15, 0.2) is 0 Å². The molecular weight excluding hydrogens is 228 g/mol. The molecule has 3 N–H and O–H groups in total. The second-order valence-electron chi connectivity index (χ2n) is 4.42. The molecule has 106 valence electrons. The maximum Gasteiger partial charge on any atom is 0.323 e. The molecule has 4 heteroatoms. The number of rotatable bonds is 12. The van der Waals surface area contributed by atoms with Gasteiger partial charge >= 0.3 is 5.97 Å². The van der Waals surface area contributed by atoms with Crippen LogP contribution in [0.2, 0.25) is 0 Å². The second-order valence-corrected chi connectivity index (χ2v) is 4.42. The molecule has 0 saturated carbocycles. The molecule has 1 atom stereocenters. The number of nitrogens with two attached hydrogens (primary N) is 1. The fourth-order valence-electron chi connectivity index (χ4n) is 1.69. The molecule has 4 nitrogen and oxygen atoms in total. The minimum atomic E-state index is -0.201. The van der Waals surface area contributed by atoms with Crippen molar-refractivity contribution in [1.82, 2.24) is 5.32 Å². The van der Waals surface area contributed by atoms with E-state index in [1.165, 1.54) is 12.8 Å². The topological polar surface area (TPSA) is 64.3 Å². The summed E-state index contributed by atoms with van der Waals surface area (Å²) in [5, 5.41) is 3.27. The fraction of sp³-hybridized carbons (Fsp3) is 0.786. The Bertz CT molecular complexity index is 220. The third kappa shape index (κ3) is 9.19. The standard InChI is InChI=1S/C14H28N2O2/c1-3-5-8-11-16-13(9-6-7-10-15)14(17)18-12-4-2/h4,13,16H,2-3,5-12,15H2,1H3. The average molecular weight is 256 g/mol. The SMILES string of the molecule is C=CCOC(=O)C(CCCCN)NCCCCC. The molecule has 0 aromatic rings. The Hall–Kier alpha value is -0.870. The van der Waals surface area contributed by atoms with Crippen LogP contribution in [0.5, 0.6) is 0 Å². The lowest BCUT2D eigenvalue weighted by molar-refractivity contribution is -0.145. The van der Waals surface area contributed by atoms with E-state index in [1.807, 2.05) is 0 Å². The molecule has 0 radical (unpaired) electrons. The first-order valence-electron chi connectivity index (χ1n) is 6.97. The number of unbranched alkanes of at least 4 members (excludes halogenated alkanes) is 3. The molecule has 0 aromatic carbocycles. The van der Waals surface area contributed by atoms with Crippen molar-refractivity contribution in [3.63, 3.8) is 0 Å². The molecule has 18 heavy (non-hydrogen) atoms. The van der Waals surface area contributed by atoms with E-state index in [-0.39, 0.29) is 18.6 Å². The summed E-state index contributed by atoms with van der Waals surface area (Å²) in [6.07, 6.45) is 7.74. The summed E-state index contributed by atoms with van der Waals surface area (Å²) in [5.41, 5.74) is 5.46. The summed E-state index contributed by atoms with van der Waals surface area (Å²) in [5.74, 6) is -0.177. The number of hydrogen-bond acceptors (Lipinski definition) is 4. The Morgan fingerprint density at radius 2 is 2.17 bits per heavy atom. The van der Waals surface area contributed by atoms with E-state index in [2.05, 4.69) is 18.8 Å². The van der Waals surface area contributed by atoms with Gasteiger partial charge in [-0.1, -0.05) is 38.8 Å². The maximum atomic E-state index is 11.8. The van der Waals surface area contributed by atoms with E-state index >= 15 is 0 Å². The molecule has 0 rings (SSSR count). The monoisotopic (exact) mass is 256 g/mol. The molecule has 0 amide bonds. The van der Waals surface area contributed by atoms with Gasteiger partial charge in [0.1, 0.15) is 12.6 Å². The number of carbonyl (C=O) groups excluding carboxylic acids is 1. The van der Waals surface area contributed by atoms with Crippen LogP contribution in [0, 0.1) is 0 Å². The van der Waals surface area contributed by atoms with Gasteiger partial charge in [0.25, 0.3) is 0 Å². The maximum absolute atomic E-state index is 11.8. The predicted octanol–water partition coefficient (Wildman–Crippen LogP) is 1.99. The average Bonchev–Trinajstić information content (AvgIpc) is 2.39. The van der Waals surface area contributed by atoms with Crippen LogP contribution < -0.4 is 11.1 Å². The van der Waals surface area contributed by atoms with Crippen molar-refractivity contribution >= 4 is 5.97 Å². The molecule has 0 heterocycles. The molecule has 0 saturated heterocycles. The first-order chi connectivity index (χ1) is 8.76. The van der Waals surface area contributed by atoms with Crippen LogP contribution >= 0.6 is 0 Å². The first kappa shape index (κ1) is 17.1. The molecule has 0 bridgehead atoms. The van der Waals surface area contributed by atoms with Crippen molar-refractivity contribution in [2.45, 2.75) is 51.5 Å². The summed E-state index contributed by atoms with van der Waals surface area (Å²) in [6.45, 7) is 7.52. The van der Waals surface area contributed by atoms with Crippen molar-refractivity contribution < 1.29 is 9.53 Å². The minimum absolute atomic E-state index is 0.177. The number of carbonyl (C=O) groups is 1. The Morgan fingerprint density at radius 1 is 1.39 bits per heavy atom. The highest BCUT2D eigenvalue weighted by atomic mass is 16.5. The van der Waals surface area contributed by atoms with Crippen LogP contribution in [0.1, 0.15) is 45.4 Å². The van der Waals surface area contributed by atoms with Gasteiger partial charge in [-0.15, -0.1) is 0 Å². The molecular formula is C14H28N2O2. The zero-order chi connectivity index (χ0) is 13.6. The Labute approximate surface area is 111 Å². The lowest BCUT2D eigenvalue weighted by Crippen LogP contribution is -2.38. The predicted molar refractivity (Wildman–Crippen MR) is 75.4 cm³/mol. The zero-order valence-electron chi connectivity index (χ0n) is 11.6. The summed E-state index contributed by atoms with van der Waals surface area (Å²) in [6, 6.07) is -0.201. The highest BCUT2D eigenvalue weighted by molar-refractivity contribution is 5.75. The molecule has 0 aliphatic rings. The van der Waals surface area contributed by atoms with Gasteiger partial charge in [-0.2, -0.15) is 0 Å². The molecule has 0 aromatic heterocycles. The first-order valence-corrected chi connectivity index (χ1v) is 6.97. The van der Waals surface area contributed by atoms with Gasteiger partial charge in [0, 0.05) is 0 Å². The van der Waals surface area contributed by atoms with Crippen LogP contribution in [-0.4, -0.2) is 31.7 Å². The fourth-order valence-corrected chi connectivity index (χ4v) is 1.69. The van der Waals surface area contributed by atoms with E-state index in [0.29, 0.717) is 6.54 Å². The van der Waals surface area contributed by atoms with Crippen LogP contribution in [0.3, 0.4) is 0 Å². The van der Waals surface area contributed by atoms with Crippen molar-refractivity contribution in [2.75, 3.05) is 19.7 Å². The van der Waals surface area contributed by atoms with Crippen molar-refractivity contribution in [2.24, 2.45) is 5.73 Å². The van der Waals surface area contributed by atoms with Gasteiger partial charge in [0.2, 0.25) is 0 Å². The van der Waals surface area contributed by atoms with Crippen LogP contribution in [0.4, 0.5) is 0 Å². The van der Waals surface area contributed by atoms with E-state index in [4.69, 9.17) is 10.5 Å². The van der Waals surface area contributed by atoms with Crippen molar-refractivity contribution in [3.8, 4) is 0 Å². The molecule has 0 spiro atoms. The van der Waals surface area contributed by atoms with Crippen LogP contribution in [0.25, 0.3) is 0 Å². The summed E-state index contributed by atoms with van der Waals surface area (Å²) < 4.78 is 5.09. The van der Waals surface area contributed by atoms with Crippen molar-refractivity contribution in [3.05, 3.63) is 12.7 Å². The van der Waals surface area contributed by atoms with Gasteiger partial charge in [-0.3, -0.25) is 4.79 Å². The summed E-state index contributed by atoms with van der Waals surface area (Å²) in [4.78, 5) is 11.8. The summed E-state index contributed by atoms with van der Waals surface area (Å²) in [7, 11) is 0.